The normalized spacial score (nSPS) is 21.0. The van der Waals surface area contributed by atoms with E-state index in [2.05, 4.69) is 0 Å². The maximum absolute atomic E-state index is 12.9. The van der Waals surface area contributed by atoms with Crippen molar-refractivity contribution >= 4 is 17.4 Å². The van der Waals surface area contributed by atoms with Crippen LogP contribution >= 0.6 is 0 Å². The summed E-state index contributed by atoms with van der Waals surface area (Å²) in [6, 6.07) is 14.8. The first-order valence-electron chi connectivity index (χ1n) is 10.1. The van der Waals surface area contributed by atoms with Gasteiger partial charge in [-0.2, -0.15) is 0 Å². The number of Topliss-reactive ketones (excluding diaryl/α,β-unsaturated/α-hetero) is 1. The lowest BCUT2D eigenvalue weighted by atomic mass is 9.89. The Hall–Kier alpha value is -2.88. The van der Waals surface area contributed by atoms with Gasteiger partial charge in [-0.25, -0.2) is 0 Å². The Balaban J connectivity index is 1.84. The van der Waals surface area contributed by atoms with Crippen molar-refractivity contribution in [1.82, 2.24) is 4.90 Å². The molecule has 1 N–H and O–H groups in total. The smallest absolute Gasteiger partial charge is 0.295 e. The largest absolute Gasteiger partial charge is 0.507 e. The second-order valence-corrected chi connectivity index (χ2v) is 7.59. The number of rotatable bonds is 4. The number of aliphatic hydroxyl groups is 1. The molecule has 0 bridgehead atoms. The highest BCUT2D eigenvalue weighted by Gasteiger charge is 2.45. The van der Waals surface area contributed by atoms with Crippen molar-refractivity contribution in [3.8, 4) is 0 Å². The summed E-state index contributed by atoms with van der Waals surface area (Å²) in [5.41, 5.74) is 4.20. The molecule has 0 aromatic heterocycles. The average Bonchev–Trinajstić information content (AvgIpc) is 2.99. The first kappa shape index (κ1) is 18.5. The van der Waals surface area contributed by atoms with Crippen LogP contribution < -0.4 is 0 Å². The van der Waals surface area contributed by atoms with Crippen LogP contribution in [0.1, 0.15) is 54.5 Å². The van der Waals surface area contributed by atoms with Gasteiger partial charge >= 0.3 is 0 Å². The molecule has 144 valence electrons. The number of carbonyl (C=O) groups excluding carboxylic acids is 2. The van der Waals surface area contributed by atoms with E-state index >= 15 is 0 Å². The van der Waals surface area contributed by atoms with E-state index in [1.165, 1.54) is 17.5 Å². The van der Waals surface area contributed by atoms with E-state index in [1.807, 2.05) is 55.5 Å². The molecule has 1 unspecified atom stereocenters. The fourth-order valence-electron chi connectivity index (χ4n) is 4.37. The molecule has 28 heavy (non-hydrogen) atoms. The molecular weight excluding hydrogens is 350 g/mol. The minimum Gasteiger partial charge on any atom is -0.507 e. The highest BCUT2D eigenvalue weighted by molar-refractivity contribution is 6.46. The quantitative estimate of drug-likeness (QED) is 0.490. The van der Waals surface area contributed by atoms with Crippen molar-refractivity contribution in [3.05, 3.63) is 76.4 Å². The molecule has 1 aliphatic carbocycles. The fourth-order valence-corrected chi connectivity index (χ4v) is 4.37. The Bertz CT molecular complexity index is 946. The topological polar surface area (TPSA) is 57.6 Å². The summed E-state index contributed by atoms with van der Waals surface area (Å²) in [4.78, 5) is 27.1. The molecule has 2 aromatic rings. The molecule has 0 saturated carbocycles. The number of likely N-dealkylation sites (tertiary alicyclic amines) is 1. The standard InChI is InChI=1S/C24H25NO3/c1-2-14-25-21(17-9-4-3-5-10-17)20(23(27)24(25)28)22(26)19-13-12-16-8-6-7-11-18(16)15-19/h3-5,9-10,12-13,15,21,26H,2,6-8,11,14H2,1H3/b22-20-. The molecule has 4 nitrogen and oxygen atoms in total. The van der Waals surface area contributed by atoms with Gasteiger partial charge in [-0.1, -0.05) is 49.4 Å². The Morgan fingerprint density at radius 2 is 1.75 bits per heavy atom. The highest BCUT2D eigenvalue weighted by atomic mass is 16.3. The van der Waals surface area contributed by atoms with E-state index < -0.39 is 17.7 Å². The van der Waals surface area contributed by atoms with Crippen molar-refractivity contribution < 1.29 is 14.7 Å². The van der Waals surface area contributed by atoms with Gasteiger partial charge in [-0.3, -0.25) is 9.59 Å². The second kappa shape index (κ2) is 7.63. The number of amides is 1. The maximum Gasteiger partial charge on any atom is 0.295 e. The Morgan fingerprint density at radius 3 is 2.46 bits per heavy atom. The summed E-state index contributed by atoms with van der Waals surface area (Å²) >= 11 is 0. The number of aliphatic hydroxyl groups excluding tert-OH is 1. The Morgan fingerprint density at radius 1 is 1.04 bits per heavy atom. The molecule has 2 aliphatic rings. The van der Waals surface area contributed by atoms with Gasteiger partial charge in [-0.05, 0) is 54.9 Å². The number of aryl methyl sites for hydroxylation is 2. The van der Waals surface area contributed by atoms with Gasteiger partial charge in [0.1, 0.15) is 5.76 Å². The third kappa shape index (κ3) is 3.13. The number of hydrogen-bond donors (Lipinski definition) is 1. The first-order valence-corrected chi connectivity index (χ1v) is 10.1. The van der Waals surface area contributed by atoms with Gasteiger partial charge < -0.3 is 10.0 Å². The number of ketones is 1. The van der Waals surface area contributed by atoms with Crippen LogP contribution in [0.3, 0.4) is 0 Å². The van der Waals surface area contributed by atoms with Crippen LogP contribution in [0.2, 0.25) is 0 Å². The van der Waals surface area contributed by atoms with Crippen LogP contribution in [-0.4, -0.2) is 28.2 Å². The SMILES string of the molecule is CCCN1C(=O)C(=O)/C(=C(\O)c2ccc3c(c2)CCCC3)C1c1ccccc1. The summed E-state index contributed by atoms with van der Waals surface area (Å²) < 4.78 is 0. The van der Waals surface area contributed by atoms with E-state index in [4.69, 9.17) is 0 Å². The second-order valence-electron chi connectivity index (χ2n) is 7.59. The molecule has 4 rings (SSSR count). The zero-order chi connectivity index (χ0) is 19.7. The van der Waals surface area contributed by atoms with E-state index in [9.17, 15) is 14.7 Å². The minimum absolute atomic E-state index is 0.0702. The van der Waals surface area contributed by atoms with E-state index in [1.54, 1.807) is 4.90 Å². The van der Waals surface area contributed by atoms with Crippen molar-refractivity contribution in [2.24, 2.45) is 0 Å². The molecule has 0 radical (unpaired) electrons. The van der Waals surface area contributed by atoms with Gasteiger partial charge in [0, 0.05) is 12.1 Å². The lowest BCUT2D eigenvalue weighted by Crippen LogP contribution is -2.30. The lowest BCUT2D eigenvalue weighted by Gasteiger charge is -2.25. The molecule has 1 aliphatic heterocycles. The van der Waals surface area contributed by atoms with Gasteiger partial charge in [0.25, 0.3) is 11.7 Å². The van der Waals surface area contributed by atoms with Crippen LogP contribution in [0.15, 0.2) is 54.1 Å². The lowest BCUT2D eigenvalue weighted by molar-refractivity contribution is -0.139. The summed E-state index contributed by atoms with van der Waals surface area (Å²) in [5.74, 6) is -1.20. The van der Waals surface area contributed by atoms with Crippen molar-refractivity contribution in [2.45, 2.75) is 45.1 Å². The van der Waals surface area contributed by atoms with Gasteiger partial charge in [0.2, 0.25) is 0 Å². The highest BCUT2D eigenvalue weighted by Crippen LogP contribution is 2.39. The van der Waals surface area contributed by atoms with Crippen molar-refractivity contribution in [2.75, 3.05) is 6.54 Å². The molecule has 1 fully saturated rings. The van der Waals surface area contributed by atoms with Gasteiger partial charge in [-0.15, -0.1) is 0 Å². The van der Waals surface area contributed by atoms with E-state index in [-0.39, 0.29) is 11.3 Å². The Kier molecular flexibility index (Phi) is 5.03. The molecular formula is C24H25NO3. The van der Waals surface area contributed by atoms with Crippen LogP contribution in [0.25, 0.3) is 5.76 Å². The van der Waals surface area contributed by atoms with Crippen molar-refractivity contribution in [1.29, 1.82) is 0 Å². The first-order chi connectivity index (χ1) is 13.6. The van der Waals surface area contributed by atoms with E-state index in [0.717, 1.165) is 31.2 Å². The monoisotopic (exact) mass is 375 g/mol. The number of fused-ring (bicyclic) bond motifs is 1. The third-order valence-electron chi connectivity index (χ3n) is 5.74. The molecule has 2 aromatic carbocycles. The van der Waals surface area contributed by atoms with E-state index in [0.29, 0.717) is 12.1 Å². The van der Waals surface area contributed by atoms with Crippen LogP contribution in [0.4, 0.5) is 0 Å². The zero-order valence-electron chi connectivity index (χ0n) is 16.1. The average molecular weight is 375 g/mol. The summed E-state index contributed by atoms with van der Waals surface area (Å²) in [6.45, 7) is 2.45. The minimum atomic E-state index is -0.600. The molecule has 1 atom stereocenters. The number of hydrogen-bond acceptors (Lipinski definition) is 3. The third-order valence-corrected chi connectivity index (χ3v) is 5.74. The van der Waals surface area contributed by atoms with Gasteiger partial charge in [0.15, 0.2) is 0 Å². The molecule has 1 heterocycles. The molecule has 1 saturated heterocycles. The fraction of sp³-hybridized carbons (Fsp3) is 0.333. The zero-order valence-corrected chi connectivity index (χ0v) is 16.1. The molecule has 1 amide bonds. The predicted molar refractivity (Wildman–Crippen MR) is 109 cm³/mol. The predicted octanol–water partition coefficient (Wildman–Crippen LogP) is 4.40. The number of carbonyl (C=O) groups is 2. The van der Waals surface area contributed by atoms with Gasteiger partial charge in [0.05, 0.1) is 11.6 Å². The molecule has 0 spiro atoms. The van der Waals surface area contributed by atoms with Crippen LogP contribution in [0.5, 0.6) is 0 Å². The van der Waals surface area contributed by atoms with Crippen LogP contribution in [-0.2, 0) is 22.4 Å². The summed E-state index contributed by atoms with van der Waals surface area (Å²) in [6.07, 6.45) is 5.12. The number of nitrogens with zero attached hydrogens (tertiary/aromatic N) is 1. The van der Waals surface area contributed by atoms with Crippen LogP contribution in [0, 0.1) is 0 Å². The summed E-state index contributed by atoms with van der Waals surface area (Å²) in [5, 5.41) is 11.1. The maximum atomic E-state index is 12.9. The Labute approximate surface area is 165 Å². The summed E-state index contributed by atoms with van der Waals surface area (Å²) in [7, 11) is 0. The molecule has 4 heteroatoms. The number of benzene rings is 2. The van der Waals surface area contributed by atoms with Crippen molar-refractivity contribution in [3.63, 3.8) is 0 Å².